The number of phenols is 1. The Labute approximate surface area is 447 Å². The van der Waals surface area contributed by atoms with Crippen LogP contribution in [0.4, 0.5) is 0 Å². The Hall–Kier alpha value is -7.87. The Kier molecular flexibility index (Phi) is 27.6. The number of rotatable bonds is 33. The molecule has 0 spiro atoms. The lowest BCUT2D eigenvalue weighted by atomic mass is 10.0. The van der Waals surface area contributed by atoms with Crippen molar-refractivity contribution in [2.24, 2.45) is 34.0 Å². The van der Waals surface area contributed by atoms with Crippen LogP contribution in [0.3, 0.4) is 0 Å². The molecule has 0 aromatic heterocycles. The number of aliphatic hydroxyl groups excluding tert-OH is 1. The summed E-state index contributed by atoms with van der Waals surface area (Å²) in [6, 6.07) is 1.61. The van der Waals surface area contributed by atoms with Gasteiger partial charge in [0.1, 0.15) is 54.1 Å². The number of hydrogen-bond acceptors (Lipinski definition) is 14. The first-order valence-electron chi connectivity index (χ1n) is 25.3. The van der Waals surface area contributed by atoms with Gasteiger partial charge in [0, 0.05) is 25.8 Å². The van der Waals surface area contributed by atoms with Crippen molar-refractivity contribution in [3.63, 3.8) is 0 Å². The van der Waals surface area contributed by atoms with E-state index in [1.807, 2.05) is 0 Å². The highest BCUT2D eigenvalue weighted by Crippen LogP contribution is 2.14. The number of hydrogen-bond donors (Lipinski definition) is 15. The first-order valence-corrected chi connectivity index (χ1v) is 25.3. The van der Waals surface area contributed by atoms with Gasteiger partial charge in [0.2, 0.25) is 47.3 Å². The van der Waals surface area contributed by atoms with Gasteiger partial charge in [-0.25, -0.2) is 4.79 Å². The molecule has 0 unspecified atom stereocenters. The van der Waals surface area contributed by atoms with Crippen LogP contribution in [0.15, 0.2) is 59.6 Å². The van der Waals surface area contributed by atoms with Gasteiger partial charge in [-0.1, -0.05) is 70.2 Å². The minimum atomic E-state index is -1.68. The fraction of sp³-hybridized carbons (Fsp3) is 0.549. The van der Waals surface area contributed by atoms with Crippen molar-refractivity contribution < 1.29 is 68.4 Å². The third-order valence-electron chi connectivity index (χ3n) is 11.7. The van der Waals surface area contributed by atoms with Crippen LogP contribution < -0.4 is 59.7 Å². The highest BCUT2D eigenvalue weighted by Gasteiger charge is 2.36. The van der Waals surface area contributed by atoms with Gasteiger partial charge in [-0.15, -0.1) is 0 Å². The van der Waals surface area contributed by atoms with E-state index >= 15 is 0 Å². The molecule has 2 rings (SSSR count). The molecule has 0 aliphatic heterocycles. The van der Waals surface area contributed by atoms with E-state index in [9.17, 15) is 68.4 Å². The van der Waals surface area contributed by atoms with E-state index in [2.05, 4.69) is 47.5 Å². The normalized spacial score (nSPS) is 15.0. The summed E-state index contributed by atoms with van der Waals surface area (Å²) in [6.45, 7) is 10.8. The van der Waals surface area contributed by atoms with Crippen molar-refractivity contribution in [1.82, 2.24) is 42.5 Å². The maximum atomic E-state index is 14.1. The number of carboxylic acids is 2. The molecule has 426 valence electrons. The van der Waals surface area contributed by atoms with Gasteiger partial charge >= 0.3 is 11.9 Å². The largest absolute Gasteiger partial charge is 0.508 e. The Morgan fingerprint density at radius 2 is 0.961 bits per heavy atom. The molecule has 0 saturated heterocycles. The van der Waals surface area contributed by atoms with Crippen molar-refractivity contribution in [3.8, 4) is 5.75 Å². The Bertz CT molecular complexity index is 2350. The average Bonchev–Trinajstić information content (AvgIpc) is 3.34. The number of aromatic hydroxyl groups is 1. The number of nitrogens with two attached hydrogens (primary N) is 3. The molecule has 77 heavy (non-hydrogen) atoms. The van der Waals surface area contributed by atoms with Crippen LogP contribution in [-0.2, 0) is 60.8 Å². The Morgan fingerprint density at radius 1 is 0.519 bits per heavy atom. The standard InChI is InChI=1S/C51H78N12O14/c1-26(2)22-36(46(72)57-35(19-20-40(66)67)45(71)61-37(25-32-15-17-33(65)18-16-32)47(73)62-39(50(76)77)23-27(3)4)60-43(69)29(6)56-44(70)34(14-11-21-55-51(53)54)58-49(75)41(30(7)64)63-48(74)38(59-42(68)28(5)52)24-31-12-9-8-10-13-31/h8-10,12-13,15-18,26-30,34-39,41,64-65H,11,14,19-25,52H2,1-7H3,(H,56,70)(H,57,72)(H,58,75)(H,59,68)(H,60,69)(H,61,71)(H,62,73)(H,63,74)(H,66,67)(H,76,77)(H4,53,54,55)/t28-,29-,30+,34-,35-,36-,37-,38-,39-,41-/m0/s1. The first-order chi connectivity index (χ1) is 36.1. The molecule has 8 amide bonds. The van der Waals surface area contributed by atoms with Crippen LogP contribution in [0.2, 0.25) is 0 Å². The average molecular weight is 1080 g/mol. The topological polar surface area (TPSA) is 438 Å². The molecule has 0 bridgehead atoms. The minimum Gasteiger partial charge on any atom is -0.508 e. The molecule has 18 N–H and O–H groups in total. The molecule has 2 aromatic rings. The van der Waals surface area contributed by atoms with Crippen molar-refractivity contribution in [3.05, 3.63) is 65.7 Å². The fourth-order valence-electron chi connectivity index (χ4n) is 7.56. The molecule has 0 radical (unpaired) electrons. The van der Waals surface area contributed by atoms with Gasteiger partial charge in [0.25, 0.3) is 0 Å². The number of nitrogens with one attached hydrogen (secondary N) is 8. The van der Waals surface area contributed by atoms with Crippen LogP contribution >= 0.6 is 0 Å². The lowest BCUT2D eigenvalue weighted by Crippen LogP contribution is -2.61. The van der Waals surface area contributed by atoms with Gasteiger partial charge in [-0.3, -0.25) is 48.1 Å². The van der Waals surface area contributed by atoms with E-state index in [4.69, 9.17) is 17.2 Å². The van der Waals surface area contributed by atoms with E-state index in [0.29, 0.717) is 11.1 Å². The monoisotopic (exact) mass is 1080 g/mol. The summed E-state index contributed by atoms with van der Waals surface area (Å²) in [7, 11) is 0. The third kappa shape index (κ3) is 24.6. The van der Waals surface area contributed by atoms with Crippen molar-refractivity contribution in [1.29, 1.82) is 0 Å². The van der Waals surface area contributed by atoms with Crippen molar-refractivity contribution in [2.75, 3.05) is 6.54 Å². The highest BCUT2D eigenvalue weighted by atomic mass is 16.4. The zero-order valence-corrected chi connectivity index (χ0v) is 44.5. The molecule has 2 aromatic carbocycles. The molecule has 26 nitrogen and oxygen atoms in total. The third-order valence-corrected chi connectivity index (χ3v) is 11.7. The van der Waals surface area contributed by atoms with Crippen molar-refractivity contribution in [2.45, 2.75) is 160 Å². The predicted octanol–water partition coefficient (Wildman–Crippen LogP) is -2.10. The SMILES string of the molecule is CC(C)C[C@H](NC(=O)[C@H](Cc1ccc(O)cc1)NC(=O)[C@H](CCC(=O)O)NC(=O)[C@H](CC(C)C)NC(=O)[C@H](C)NC(=O)[C@H](CCCN=C(N)N)NC(=O)[C@@H](NC(=O)[C@H](Cc1ccccc1)NC(=O)[C@H](C)N)[C@@H](C)O)C(=O)O. The summed E-state index contributed by atoms with van der Waals surface area (Å²) < 4.78 is 0. The number of phenolic OH excluding ortho intramolecular Hbond substituents is 1. The minimum absolute atomic E-state index is 0.00223. The zero-order valence-electron chi connectivity index (χ0n) is 44.5. The van der Waals surface area contributed by atoms with E-state index in [-0.39, 0.29) is 68.6 Å². The van der Waals surface area contributed by atoms with Crippen LogP contribution in [0.5, 0.6) is 5.75 Å². The number of amides is 8. The Balaban J connectivity index is 2.38. The number of nitrogens with zero attached hydrogens (tertiary/aromatic N) is 1. The smallest absolute Gasteiger partial charge is 0.326 e. The summed E-state index contributed by atoms with van der Waals surface area (Å²) in [5.41, 5.74) is 17.8. The second-order valence-electron chi connectivity index (χ2n) is 19.7. The molecule has 26 heteroatoms. The van der Waals surface area contributed by atoms with E-state index in [1.54, 1.807) is 58.0 Å². The molecular formula is C51H78N12O14. The number of benzene rings is 2. The molecule has 0 aliphatic rings. The number of carbonyl (C=O) groups is 10. The number of carboxylic acid groups (broad SMARTS) is 2. The zero-order chi connectivity index (χ0) is 58.1. The van der Waals surface area contributed by atoms with Gasteiger partial charge < -0.3 is 80.2 Å². The second kappa shape index (κ2) is 32.5. The maximum Gasteiger partial charge on any atom is 0.326 e. The number of carbonyl (C=O) groups excluding carboxylic acids is 8. The Morgan fingerprint density at radius 3 is 1.48 bits per heavy atom. The molecule has 10 atom stereocenters. The summed E-state index contributed by atoms with van der Waals surface area (Å²) in [5.74, 6) is -10.7. The van der Waals surface area contributed by atoms with Gasteiger partial charge in [-0.2, -0.15) is 0 Å². The summed E-state index contributed by atoms with van der Waals surface area (Å²) in [6.07, 6.45) is -2.95. The van der Waals surface area contributed by atoms with Crippen LogP contribution in [0.25, 0.3) is 0 Å². The van der Waals surface area contributed by atoms with Crippen molar-refractivity contribution >= 4 is 65.2 Å². The van der Waals surface area contributed by atoms with Crippen LogP contribution in [0, 0.1) is 11.8 Å². The molecule has 0 aliphatic carbocycles. The number of aliphatic imine (C=N–C) groups is 1. The summed E-state index contributed by atoms with van der Waals surface area (Å²) >= 11 is 0. The lowest BCUT2D eigenvalue weighted by Gasteiger charge is -2.28. The molecular weight excluding hydrogens is 1000 g/mol. The quantitative estimate of drug-likeness (QED) is 0.0207. The number of guanidine groups is 1. The van der Waals surface area contributed by atoms with E-state index < -0.39 is 133 Å². The molecule has 0 fully saturated rings. The lowest BCUT2D eigenvalue weighted by molar-refractivity contribution is -0.142. The van der Waals surface area contributed by atoms with Gasteiger partial charge in [-0.05, 0) is 88.0 Å². The van der Waals surface area contributed by atoms with E-state index in [1.165, 1.54) is 45.0 Å². The summed E-state index contributed by atoms with van der Waals surface area (Å²) in [4.78, 5) is 137. The highest BCUT2D eigenvalue weighted by molar-refractivity contribution is 5.98. The van der Waals surface area contributed by atoms with Gasteiger partial charge in [0.05, 0.1) is 12.1 Å². The van der Waals surface area contributed by atoms with E-state index in [0.717, 1.165) is 0 Å². The van der Waals surface area contributed by atoms with Crippen LogP contribution in [0.1, 0.15) is 98.1 Å². The maximum absolute atomic E-state index is 14.1. The number of aliphatic hydroxyl groups is 1. The second-order valence-corrected chi connectivity index (χ2v) is 19.7. The summed E-state index contributed by atoms with van der Waals surface area (Å²) in [5, 5.41) is 59.9. The van der Waals surface area contributed by atoms with Crippen LogP contribution in [-0.4, -0.2) is 153 Å². The number of aliphatic carboxylic acids is 2. The molecule has 0 saturated carbocycles. The molecule has 0 heterocycles. The van der Waals surface area contributed by atoms with Gasteiger partial charge in [0.15, 0.2) is 5.96 Å². The fourth-order valence-corrected chi connectivity index (χ4v) is 7.56. The first kappa shape index (κ1) is 65.2. The predicted molar refractivity (Wildman–Crippen MR) is 282 cm³/mol.